The molecule has 1 heterocycles. The minimum Gasteiger partial charge on any atom is -0.456 e. The molecular formula is C46H20B8O. The molecule has 0 bridgehead atoms. The van der Waals surface area contributed by atoms with E-state index in [2.05, 4.69) is 66.7 Å². The van der Waals surface area contributed by atoms with E-state index in [1.165, 1.54) is 10.8 Å². The predicted octanol–water partition coefficient (Wildman–Crippen LogP) is 3.55. The molecule has 0 fully saturated rings. The van der Waals surface area contributed by atoms with Gasteiger partial charge in [0.05, 0.1) is 0 Å². The molecule has 0 unspecified atom stereocenters. The van der Waals surface area contributed by atoms with Gasteiger partial charge in [-0.3, -0.25) is 0 Å². The van der Waals surface area contributed by atoms with Crippen molar-refractivity contribution in [2.24, 2.45) is 0 Å². The summed E-state index contributed by atoms with van der Waals surface area (Å²) in [6, 6.07) is 41.0. The predicted molar refractivity (Wildman–Crippen MR) is 243 cm³/mol. The van der Waals surface area contributed by atoms with E-state index in [4.69, 9.17) is 67.2 Å². The number of rotatable bonds is 3. The standard InChI is InChI=1S/C46H20B8O/c47-39-35-32(23-10-5-9-22(20-23)25-13-6-14-26-24-11-2-1-8-21(24)18-19-27(25)26)36-38(42(50)46(54)44(52)40(36)48)34(37(35)41(49)45(53)43(39)51)29-15-7-17-31-33(29)28-12-3-4-16-30(28)55-31/h1-20H. The summed E-state index contributed by atoms with van der Waals surface area (Å²) >= 11 is 0. The molecule has 10 aromatic rings. The highest BCUT2D eigenvalue weighted by Gasteiger charge is 2.26. The van der Waals surface area contributed by atoms with Gasteiger partial charge in [0.15, 0.2) is 0 Å². The van der Waals surface area contributed by atoms with Crippen LogP contribution in [0.1, 0.15) is 0 Å². The molecule has 1 nitrogen and oxygen atoms in total. The van der Waals surface area contributed by atoms with Crippen LogP contribution in [0.5, 0.6) is 0 Å². The number of benzene rings is 9. The van der Waals surface area contributed by atoms with Crippen LogP contribution in [0, 0.1) is 0 Å². The van der Waals surface area contributed by atoms with Crippen LogP contribution in [-0.4, -0.2) is 62.8 Å². The van der Waals surface area contributed by atoms with Gasteiger partial charge < -0.3 is 4.42 Å². The Morgan fingerprint density at radius 1 is 0.309 bits per heavy atom. The first kappa shape index (κ1) is 33.9. The molecule has 0 atom stereocenters. The van der Waals surface area contributed by atoms with Crippen LogP contribution in [0.3, 0.4) is 0 Å². The number of furan rings is 1. The second-order valence-electron chi connectivity index (χ2n) is 14.1. The van der Waals surface area contributed by atoms with Crippen LogP contribution in [0.2, 0.25) is 0 Å². The normalized spacial score (nSPS) is 11.9. The Bertz CT molecular complexity index is 3230. The zero-order chi connectivity index (χ0) is 37.9. The Labute approximate surface area is 329 Å². The lowest BCUT2D eigenvalue weighted by Gasteiger charge is -2.29. The van der Waals surface area contributed by atoms with Crippen molar-refractivity contribution in [3.8, 4) is 33.4 Å². The molecule has 0 amide bonds. The SMILES string of the molecule is [B]c1c([B])c([B])c2c(-c3cccc4oc5ccccc5c34)c3c([B])c([B])c([B])c([B])c3c(-c3cccc(-c4cccc5c4ccc4ccccc45)c3)c2c1[B]. The highest BCUT2D eigenvalue weighted by atomic mass is 16.3. The number of para-hydroxylation sites is 1. The molecule has 0 spiro atoms. The first-order valence-corrected chi connectivity index (χ1v) is 17.8. The van der Waals surface area contributed by atoms with Crippen molar-refractivity contribution in [2.45, 2.75) is 0 Å². The van der Waals surface area contributed by atoms with E-state index in [0.717, 1.165) is 49.4 Å². The van der Waals surface area contributed by atoms with Crippen molar-refractivity contribution < 1.29 is 4.42 Å². The molecule has 55 heavy (non-hydrogen) atoms. The van der Waals surface area contributed by atoms with Gasteiger partial charge in [0, 0.05) is 10.8 Å². The van der Waals surface area contributed by atoms with E-state index in [9.17, 15) is 0 Å². The highest BCUT2D eigenvalue weighted by molar-refractivity contribution is 6.71. The van der Waals surface area contributed by atoms with Gasteiger partial charge in [-0.25, -0.2) is 0 Å². The topological polar surface area (TPSA) is 13.1 Å². The maximum Gasteiger partial charge on any atom is 0.136 e. The summed E-state index contributed by atoms with van der Waals surface area (Å²) < 4.78 is 6.33. The van der Waals surface area contributed by atoms with E-state index in [0.29, 0.717) is 38.3 Å². The van der Waals surface area contributed by atoms with Crippen LogP contribution < -0.4 is 43.7 Å². The monoisotopic (exact) mass is 676 g/mol. The van der Waals surface area contributed by atoms with Crippen LogP contribution in [0.4, 0.5) is 0 Å². The highest BCUT2D eigenvalue weighted by Crippen LogP contribution is 2.45. The van der Waals surface area contributed by atoms with Gasteiger partial charge in [0.1, 0.15) is 73.9 Å². The van der Waals surface area contributed by atoms with Gasteiger partial charge >= 0.3 is 0 Å². The Hall–Kier alpha value is -5.66. The van der Waals surface area contributed by atoms with E-state index in [1.54, 1.807) is 0 Å². The average molecular weight is 675 g/mol. The van der Waals surface area contributed by atoms with Crippen molar-refractivity contribution in [2.75, 3.05) is 0 Å². The number of hydrogen-bond acceptors (Lipinski definition) is 1. The molecule has 234 valence electrons. The van der Waals surface area contributed by atoms with Crippen molar-refractivity contribution in [1.82, 2.24) is 0 Å². The van der Waals surface area contributed by atoms with Gasteiger partial charge in [0.2, 0.25) is 0 Å². The first-order valence-electron chi connectivity index (χ1n) is 17.8. The summed E-state index contributed by atoms with van der Waals surface area (Å²) in [5, 5.41) is 8.61. The Morgan fingerprint density at radius 2 is 0.818 bits per heavy atom. The smallest absolute Gasteiger partial charge is 0.136 e. The Kier molecular flexibility index (Phi) is 7.66. The number of fused-ring (bicyclic) bond motifs is 8. The largest absolute Gasteiger partial charge is 0.456 e. The van der Waals surface area contributed by atoms with Crippen LogP contribution >= 0.6 is 0 Å². The van der Waals surface area contributed by atoms with Crippen molar-refractivity contribution in [3.63, 3.8) is 0 Å². The fourth-order valence-electron chi connectivity index (χ4n) is 8.62. The fraction of sp³-hybridized carbons (Fsp3) is 0. The summed E-state index contributed by atoms with van der Waals surface area (Å²) in [6.45, 7) is 0. The van der Waals surface area contributed by atoms with E-state index >= 15 is 0 Å². The van der Waals surface area contributed by atoms with Crippen LogP contribution in [-0.2, 0) is 0 Å². The maximum atomic E-state index is 7.07. The van der Waals surface area contributed by atoms with E-state index in [1.807, 2.05) is 54.6 Å². The molecule has 1 aromatic heterocycles. The van der Waals surface area contributed by atoms with Gasteiger partial charge in [-0.15, -0.1) is 21.9 Å². The third-order valence-corrected chi connectivity index (χ3v) is 11.2. The van der Waals surface area contributed by atoms with Crippen molar-refractivity contribution in [1.29, 1.82) is 0 Å². The van der Waals surface area contributed by atoms with Crippen LogP contribution in [0.25, 0.3) is 98.4 Å². The maximum absolute atomic E-state index is 7.07. The third-order valence-electron chi connectivity index (χ3n) is 11.2. The van der Waals surface area contributed by atoms with Crippen molar-refractivity contribution in [3.05, 3.63) is 121 Å². The Balaban J connectivity index is 1.39. The fourth-order valence-corrected chi connectivity index (χ4v) is 8.62. The third kappa shape index (κ3) is 4.78. The summed E-state index contributed by atoms with van der Waals surface area (Å²) in [5.74, 6) is 0. The Morgan fingerprint density at radius 3 is 1.51 bits per heavy atom. The molecule has 0 aliphatic rings. The summed E-state index contributed by atoms with van der Waals surface area (Å²) in [4.78, 5) is 0. The van der Waals surface area contributed by atoms with E-state index < -0.39 is 0 Å². The molecule has 0 aliphatic heterocycles. The summed E-state index contributed by atoms with van der Waals surface area (Å²) in [5.41, 5.74) is 7.90. The number of hydrogen-bond donors (Lipinski definition) is 0. The van der Waals surface area contributed by atoms with E-state index in [-0.39, 0.29) is 43.7 Å². The lowest BCUT2D eigenvalue weighted by molar-refractivity contribution is 0.669. The molecule has 10 rings (SSSR count). The second-order valence-corrected chi connectivity index (χ2v) is 14.1. The first-order chi connectivity index (χ1) is 26.7. The minimum atomic E-state index is 0.160. The molecule has 16 radical (unpaired) electrons. The minimum absolute atomic E-state index is 0.160. The summed E-state index contributed by atoms with van der Waals surface area (Å²) in [7, 11) is 55.0. The molecule has 0 N–H and O–H groups in total. The summed E-state index contributed by atoms with van der Waals surface area (Å²) in [6.07, 6.45) is 0. The van der Waals surface area contributed by atoms with Gasteiger partial charge in [-0.1, -0.05) is 125 Å². The van der Waals surface area contributed by atoms with Gasteiger partial charge in [-0.2, -0.15) is 0 Å². The molecule has 9 heteroatoms. The van der Waals surface area contributed by atoms with Gasteiger partial charge in [0.25, 0.3) is 0 Å². The average Bonchev–Trinajstić information content (AvgIpc) is 3.61. The lowest BCUT2D eigenvalue weighted by atomic mass is 9.59. The molecule has 0 aliphatic carbocycles. The van der Waals surface area contributed by atoms with Gasteiger partial charge in [-0.05, 0) is 94.7 Å². The second kappa shape index (κ2) is 12.4. The quantitative estimate of drug-likeness (QED) is 0.159. The molecular weight excluding hydrogens is 655 g/mol. The zero-order valence-corrected chi connectivity index (χ0v) is 29.6. The van der Waals surface area contributed by atoms with Crippen LogP contribution in [0.15, 0.2) is 126 Å². The lowest BCUT2D eigenvalue weighted by Crippen LogP contribution is -2.50. The molecule has 0 saturated heterocycles. The van der Waals surface area contributed by atoms with Crippen molar-refractivity contribution >= 4 is 172 Å². The molecule has 0 saturated carbocycles. The zero-order valence-electron chi connectivity index (χ0n) is 29.6. The molecule has 9 aromatic carbocycles.